The van der Waals surface area contributed by atoms with Crippen molar-refractivity contribution in [1.82, 2.24) is 9.97 Å². The lowest BCUT2D eigenvalue weighted by atomic mass is 10.3. The van der Waals surface area contributed by atoms with E-state index in [1.54, 1.807) is 19.2 Å². The van der Waals surface area contributed by atoms with Crippen LogP contribution in [0.1, 0.15) is 5.56 Å². The molecule has 18 heavy (non-hydrogen) atoms. The number of nitrogen functional groups attached to an aromatic ring is 1. The van der Waals surface area contributed by atoms with E-state index >= 15 is 0 Å². The fourth-order valence-corrected chi connectivity index (χ4v) is 1.78. The summed E-state index contributed by atoms with van der Waals surface area (Å²) in [5, 5.41) is 0. The van der Waals surface area contributed by atoms with E-state index in [9.17, 15) is 0 Å². The Bertz CT molecular complexity index is 575. The second-order valence-corrected chi connectivity index (χ2v) is 4.44. The first kappa shape index (κ1) is 12.6. The Morgan fingerprint density at radius 3 is 2.72 bits per heavy atom. The van der Waals surface area contributed by atoms with Crippen LogP contribution in [0.3, 0.4) is 0 Å². The fourth-order valence-electron chi connectivity index (χ4n) is 1.35. The summed E-state index contributed by atoms with van der Waals surface area (Å²) < 4.78 is 11.6. The van der Waals surface area contributed by atoms with E-state index in [1.807, 2.05) is 13.0 Å². The third-order valence-corrected chi connectivity index (χ3v) is 3.04. The van der Waals surface area contributed by atoms with Crippen molar-refractivity contribution in [3.05, 3.63) is 34.6 Å². The zero-order valence-corrected chi connectivity index (χ0v) is 11.6. The van der Waals surface area contributed by atoms with Crippen molar-refractivity contribution in [1.29, 1.82) is 0 Å². The van der Waals surface area contributed by atoms with Crippen molar-refractivity contribution in [2.24, 2.45) is 0 Å². The second kappa shape index (κ2) is 5.22. The van der Waals surface area contributed by atoms with Gasteiger partial charge >= 0.3 is 0 Å². The summed E-state index contributed by atoms with van der Waals surface area (Å²) in [5.41, 5.74) is 6.40. The predicted molar refractivity (Wildman–Crippen MR) is 71.9 cm³/mol. The Kier molecular flexibility index (Phi) is 3.66. The summed E-state index contributed by atoms with van der Waals surface area (Å²) in [6, 6.07) is 5.41. The number of hydrogen-bond acceptors (Lipinski definition) is 5. The number of anilines is 1. The van der Waals surface area contributed by atoms with Crippen molar-refractivity contribution in [2.75, 3.05) is 12.8 Å². The number of benzene rings is 1. The topological polar surface area (TPSA) is 70.3 Å². The van der Waals surface area contributed by atoms with E-state index in [-0.39, 0.29) is 0 Å². The molecule has 0 atom stereocenters. The van der Waals surface area contributed by atoms with E-state index in [1.165, 1.54) is 6.33 Å². The number of aromatic nitrogens is 2. The Morgan fingerprint density at radius 1 is 1.28 bits per heavy atom. The smallest absolute Gasteiger partial charge is 0.227 e. The van der Waals surface area contributed by atoms with Crippen LogP contribution in [-0.4, -0.2) is 17.1 Å². The van der Waals surface area contributed by atoms with E-state index in [4.69, 9.17) is 15.2 Å². The molecule has 5 nitrogen and oxygen atoms in total. The van der Waals surface area contributed by atoms with Gasteiger partial charge in [0.15, 0.2) is 0 Å². The highest BCUT2D eigenvalue weighted by Crippen LogP contribution is 2.33. The first-order valence-electron chi connectivity index (χ1n) is 5.20. The van der Waals surface area contributed by atoms with E-state index in [2.05, 4.69) is 25.9 Å². The third-order valence-electron chi connectivity index (χ3n) is 2.42. The molecule has 0 aliphatic heterocycles. The summed E-state index contributed by atoms with van der Waals surface area (Å²) in [7, 11) is 1.61. The van der Waals surface area contributed by atoms with Crippen molar-refractivity contribution in [2.45, 2.75) is 6.92 Å². The molecule has 2 N–H and O–H groups in total. The van der Waals surface area contributed by atoms with Gasteiger partial charge in [-0.3, -0.25) is 0 Å². The monoisotopic (exact) mass is 309 g/mol. The molecule has 1 heterocycles. The lowest BCUT2D eigenvalue weighted by Crippen LogP contribution is -1.99. The van der Waals surface area contributed by atoms with Crippen LogP contribution < -0.4 is 15.2 Å². The maximum atomic E-state index is 5.70. The molecule has 0 saturated carbocycles. The Hall–Kier alpha value is -1.82. The van der Waals surface area contributed by atoms with Crippen LogP contribution in [0.4, 0.5) is 5.82 Å². The van der Waals surface area contributed by atoms with Crippen molar-refractivity contribution in [3.63, 3.8) is 0 Å². The molecule has 0 aliphatic carbocycles. The van der Waals surface area contributed by atoms with Crippen molar-refractivity contribution in [3.8, 4) is 17.4 Å². The first-order valence-corrected chi connectivity index (χ1v) is 5.99. The average Bonchev–Trinajstić information content (AvgIpc) is 2.37. The van der Waals surface area contributed by atoms with Gasteiger partial charge in [0.2, 0.25) is 5.88 Å². The molecule has 1 aromatic carbocycles. The minimum atomic E-state index is 0.407. The van der Waals surface area contributed by atoms with E-state index in [0.717, 1.165) is 10.2 Å². The molecule has 6 heteroatoms. The Balaban J connectivity index is 2.31. The minimum absolute atomic E-state index is 0.407. The normalized spacial score (nSPS) is 10.2. The molecular weight excluding hydrogens is 298 g/mol. The molecule has 2 aromatic rings. The van der Waals surface area contributed by atoms with Crippen LogP contribution in [0.2, 0.25) is 0 Å². The number of rotatable bonds is 3. The molecule has 0 saturated heterocycles. The average molecular weight is 310 g/mol. The lowest BCUT2D eigenvalue weighted by Gasteiger charge is -2.10. The molecule has 0 spiro atoms. The van der Waals surface area contributed by atoms with Crippen molar-refractivity contribution < 1.29 is 9.47 Å². The molecule has 0 bridgehead atoms. The molecule has 1 aromatic heterocycles. The number of nitrogens with zero attached hydrogens (tertiary/aromatic N) is 2. The number of ether oxygens (including phenoxy) is 2. The quantitative estimate of drug-likeness (QED) is 0.944. The van der Waals surface area contributed by atoms with Gasteiger partial charge in [-0.2, -0.15) is 0 Å². The Labute approximate surface area is 113 Å². The highest BCUT2D eigenvalue weighted by Gasteiger charge is 2.09. The Morgan fingerprint density at radius 2 is 2.06 bits per heavy atom. The van der Waals surface area contributed by atoms with Gasteiger partial charge in [0.1, 0.15) is 23.6 Å². The molecule has 0 aliphatic rings. The number of methoxy groups -OCH3 is 1. The lowest BCUT2D eigenvalue weighted by molar-refractivity contribution is 0.411. The standard InChI is InChI=1S/C12H12BrN3O2/c1-7-11(14)15-6-16-12(7)18-10-4-3-8(17-2)5-9(10)13/h3-6H,1-2H3,(H2,14,15,16). The summed E-state index contributed by atoms with van der Waals surface area (Å²) in [5.74, 6) is 2.23. The molecule has 0 fully saturated rings. The fraction of sp³-hybridized carbons (Fsp3) is 0.167. The molecule has 0 radical (unpaired) electrons. The number of nitrogens with two attached hydrogens (primary N) is 1. The summed E-state index contributed by atoms with van der Waals surface area (Å²) in [6.45, 7) is 1.81. The zero-order valence-electron chi connectivity index (χ0n) is 9.98. The van der Waals surface area contributed by atoms with Gasteiger partial charge in [0.05, 0.1) is 17.1 Å². The van der Waals surface area contributed by atoms with Gasteiger partial charge in [-0.15, -0.1) is 0 Å². The third kappa shape index (κ3) is 2.53. The predicted octanol–water partition coefficient (Wildman–Crippen LogP) is 2.93. The molecule has 0 amide bonds. The number of halogens is 1. The van der Waals surface area contributed by atoms with Gasteiger partial charge in [-0.25, -0.2) is 9.97 Å². The van der Waals surface area contributed by atoms with Gasteiger partial charge in [0.25, 0.3) is 0 Å². The van der Waals surface area contributed by atoms with Crippen LogP contribution >= 0.6 is 15.9 Å². The highest BCUT2D eigenvalue weighted by atomic mass is 79.9. The van der Waals surface area contributed by atoms with Crippen LogP contribution in [-0.2, 0) is 0 Å². The minimum Gasteiger partial charge on any atom is -0.497 e. The van der Waals surface area contributed by atoms with Crippen LogP contribution in [0.5, 0.6) is 17.4 Å². The first-order chi connectivity index (χ1) is 8.61. The summed E-state index contributed by atoms with van der Waals surface area (Å²) in [6.07, 6.45) is 1.37. The van der Waals surface area contributed by atoms with E-state index < -0.39 is 0 Å². The molecular formula is C12H12BrN3O2. The molecule has 2 rings (SSSR count). The summed E-state index contributed by atoms with van der Waals surface area (Å²) >= 11 is 3.41. The van der Waals surface area contributed by atoms with Gasteiger partial charge < -0.3 is 15.2 Å². The van der Waals surface area contributed by atoms with E-state index in [0.29, 0.717) is 23.0 Å². The maximum Gasteiger partial charge on any atom is 0.227 e. The largest absolute Gasteiger partial charge is 0.497 e. The van der Waals surface area contributed by atoms with Gasteiger partial charge in [-0.05, 0) is 41.1 Å². The van der Waals surface area contributed by atoms with Gasteiger partial charge in [-0.1, -0.05) is 0 Å². The van der Waals surface area contributed by atoms with Crippen LogP contribution in [0.15, 0.2) is 29.0 Å². The van der Waals surface area contributed by atoms with Gasteiger partial charge in [0, 0.05) is 0 Å². The second-order valence-electron chi connectivity index (χ2n) is 3.59. The highest BCUT2D eigenvalue weighted by molar-refractivity contribution is 9.10. The summed E-state index contributed by atoms with van der Waals surface area (Å²) in [4.78, 5) is 7.94. The molecule has 0 unspecified atom stereocenters. The van der Waals surface area contributed by atoms with Crippen LogP contribution in [0.25, 0.3) is 0 Å². The van der Waals surface area contributed by atoms with Crippen molar-refractivity contribution >= 4 is 21.7 Å². The molecule has 94 valence electrons. The zero-order chi connectivity index (χ0) is 13.1. The number of hydrogen-bond donors (Lipinski definition) is 1. The van der Waals surface area contributed by atoms with Crippen LogP contribution in [0, 0.1) is 6.92 Å². The maximum absolute atomic E-state index is 5.70. The SMILES string of the molecule is COc1ccc(Oc2ncnc(N)c2C)c(Br)c1.